The van der Waals surface area contributed by atoms with E-state index < -0.39 is 0 Å². The first-order valence-electron chi connectivity index (χ1n) is 11.8. The van der Waals surface area contributed by atoms with Gasteiger partial charge in [-0.05, 0) is 55.5 Å². The van der Waals surface area contributed by atoms with Crippen LogP contribution in [0.4, 0.5) is 0 Å². The topological polar surface area (TPSA) is 80.8 Å². The van der Waals surface area contributed by atoms with Gasteiger partial charge < -0.3 is 24.3 Å². The molecule has 1 aromatic heterocycles. The number of aryl methyl sites for hydroxylation is 1. The first-order valence-corrected chi connectivity index (χ1v) is 11.8. The van der Waals surface area contributed by atoms with Crippen molar-refractivity contribution in [2.75, 3.05) is 14.2 Å². The van der Waals surface area contributed by atoms with Crippen LogP contribution in [0.15, 0.2) is 35.1 Å². The van der Waals surface area contributed by atoms with Crippen molar-refractivity contribution in [1.82, 2.24) is 4.98 Å². The molecule has 0 spiro atoms. The Balaban J connectivity index is 2.07. The second kappa shape index (κ2) is 11.6. The molecule has 0 radical (unpaired) electrons. The van der Waals surface area contributed by atoms with Crippen molar-refractivity contribution < 1.29 is 19.3 Å². The van der Waals surface area contributed by atoms with Crippen LogP contribution < -0.4 is 19.8 Å². The summed E-state index contributed by atoms with van der Waals surface area (Å²) in [6, 6.07) is 9.18. The second-order valence-electron chi connectivity index (χ2n) is 8.32. The summed E-state index contributed by atoms with van der Waals surface area (Å²) in [6.07, 6.45) is 7.56. The Labute approximate surface area is 195 Å². The smallest absolute Gasteiger partial charge is 0.255 e. The molecular formula is C27H35NO5. The molecule has 6 heteroatoms. The predicted molar refractivity (Wildman–Crippen MR) is 132 cm³/mol. The molecule has 1 heterocycles. The fraction of sp³-hybridized carbons (Fsp3) is 0.444. The number of H-pyrrole nitrogens is 1. The molecule has 0 unspecified atom stereocenters. The van der Waals surface area contributed by atoms with Gasteiger partial charge >= 0.3 is 0 Å². The predicted octanol–water partition coefficient (Wildman–Crippen LogP) is 6.51. The number of hydrogen-bond donors (Lipinski definition) is 2. The fourth-order valence-electron chi connectivity index (χ4n) is 4.01. The van der Waals surface area contributed by atoms with E-state index in [1.165, 1.54) is 0 Å². The van der Waals surface area contributed by atoms with Gasteiger partial charge in [0.15, 0.2) is 5.75 Å². The number of aromatic amines is 1. The number of methoxy groups -OCH3 is 2. The summed E-state index contributed by atoms with van der Waals surface area (Å²) in [6.45, 7) is 4.28. The van der Waals surface area contributed by atoms with E-state index in [2.05, 4.69) is 18.8 Å². The highest BCUT2D eigenvalue weighted by Gasteiger charge is 2.18. The number of rotatable bonds is 12. The lowest BCUT2D eigenvalue weighted by atomic mass is 10.0. The zero-order valence-electron chi connectivity index (χ0n) is 20.1. The Bertz CT molecular complexity index is 1140. The van der Waals surface area contributed by atoms with E-state index in [1.807, 2.05) is 18.2 Å². The van der Waals surface area contributed by atoms with Gasteiger partial charge in [0.05, 0.1) is 25.3 Å². The van der Waals surface area contributed by atoms with Crippen LogP contribution in [-0.4, -0.2) is 24.3 Å². The maximum Gasteiger partial charge on any atom is 0.255 e. The van der Waals surface area contributed by atoms with Gasteiger partial charge in [0.2, 0.25) is 0 Å². The van der Waals surface area contributed by atoms with Crippen molar-refractivity contribution >= 4 is 10.9 Å². The largest absolute Gasteiger partial charge is 0.507 e. The maximum absolute atomic E-state index is 12.8. The van der Waals surface area contributed by atoms with Crippen LogP contribution in [0.3, 0.4) is 0 Å². The average Bonchev–Trinajstić information content (AvgIpc) is 2.82. The fourth-order valence-corrected chi connectivity index (χ4v) is 4.01. The molecule has 3 rings (SSSR count). The molecule has 33 heavy (non-hydrogen) atoms. The van der Waals surface area contributed by atoms with Gasteiger partial charge in [0.25, 0.3) is 5.56 Å². The van der Waals surface area contributed by atoms with Gasteiger partial charge in [-0.1, -0.05) is 39.5 Å². The van der Waals surface area contributed by atoms with Crippen LogP contribution in [0.1, 0.15) is 63.5 Å². The number of ether oxygens (including phenoxy) is 3. The molecule has 0 aliphatic heterocycles. The van der Waals surface area contributed by atoms with E-state index in [0.29, 0.717) is 40.1 Å². The first kappa shape index (κ1) is 24.5. The lowest BCUT2D eigenvalue weighted by Crippen LogP contribution is -2.13. The van der Waals surface area contributed by atoms with Crippen LogP contribution >= 0.6 is 0 Å². The molecule has 0 fully saturated rings. The molecule has 0 aliphatic rings. The molecule has 0 bridgehead atoms. The third-order valence-electron chi connectivity index (χ3n) is 5.93. The van der Waals surface area contributed by atoms with E-state index in [0.717, 1.165) is 56.3 Å². The number of fused-ring (bicyclic) bond motifs is 1. The van der Waals surface area contributed by atoms with Crippen LogP contribution in [0.5, 0.6) is 28.7 Å². The zero-order valence-corrected chi connectivity index (χ0v) is 20.1. The number of pyridine rings is 1. The maximum atomic E-state index is 12.8. The number of nitrogens with one attached hydrogen (secondary N) is 1. The Morgan fingerprint density at radius 3 is 2.21 bits per heavy atom. The van der Waals surface area contributed by atoms with Crippen molar-refractivity contribution in [3.63, 3.8) is 0 Å². The Morgan fingerprint density at radius 2 is 1.55 bits per heavy atom. The number of benzene rings is 2. The number of hydrogen-bond acceptors (Lipinski definition) is 5. The Hall–Kier alpha value is -3.15. The van der Waals surface area contributed by atoms with Crippen molar-refractivity contribution in [2.45, 2.75) is 65.2 Å². The third-order valence-corrected chi connectivity index (χ3v) is 5.93. The van der Waals surface area contributed by atoms with E-state index in [-0.39, 0.29) is 11.3 Å². The van der Waals surface area contributed by atoms with Gasteiger partial charge in [0.1, 0.15) is 23.0 Å². The summed E-state index contributed by atoms with van der Waals surface area (Å²) < 4.78 is 17.2. The molecular weight excluding hydrogens is 418 g/mol. The SMILES string of the molecule is CCCCCc1cc(OC)ccc1Oc1cc(OC)cc2c(O)c(CCCCC)c(=O)[nH]c12. The minimum Gasteiger partial charge on any atom is -0.507 e. The lowest BCUT2D eigenvalue weighted by molar-refractivity contribution is 0.406. The van der Waals surface area contributed by atoms with Gasteiger partial charge in [-0.2, -0.15) is 0 Å². The summed E-state index contributed by atoms with van der Waals surface area (Å²) >= 11 is 0. The van der Waals surface area contributed by atoms with Crippen molar-refractivity contribution in [1.29, 1.82) is 0 Å². The van der Waals surface area contributed by atoms with Gasteiger partial charge in [-0.25, -0.2) is 0 Å². The highest BCUT2D eigenvalue weighted by atomic mass is 16.5. The highest BCUT2D eigenvalue weighted by molar-refractivity contribution is 5.92. The third kappa shape index (κ3) is 5.81. The van der Waals surface area contributed by atoms with Gasteiger partial charge in [-0.15, -0.1) is 0 Å². The molecule has 0 aliphatic carbocycles. The lowest BCUT2D eigenvalue weighted by Gasteiger charge is -2.16. The summed E-state index contributed by atoms with van der Waals surface area (Å²) in [5.74, 6) is 2.42. The molecule has 178 valence electrons. The van der Waals surface area contributed by atoms with Gasteiger partial charge in [-0.3, -0.25) is 4.79 Å². The van der Waals surface area contributed by atoms with E-state index >= 15 is 0 Å². The quantitative estimate of drug-likeness (QED) is 0.306. The minimum atomic E-state index is -0.288. The molecule has 2 N–H and O–H groups in total. The van der Waals surface area contributed by atoms with E-state index in [4.69, 9.17) is 14.2 Å². The summed E-state index contributed by atoms with van der Waals surface area (Å²) in [7, 11) is 3.21. The molecule has 3 aromatic rings. The summed E-state index contributed by atoms with van der Waals surface area (Å²) in [5, 5.41) is 11.5. The highest BCUT2D eigenvalue weighted by Crippen LogP contribution is 2.39. The second-order valence-corrected chi connectivity index (χ2v) is 8.32. The molecule has 0 amide bonds. The van der Waals surface area contributed by atoms with Crippen LogP contribution in [0.25, 0.3) is 10.9 Å². The average molecular weight is 454 g/mol. The summed E-state index contributed by atoms with van der Waals surface area (Å²) in [5.41, 5.74) is 1.60. The first-order chi connectivity index (χ1) is 16.0. The van der Waals surface area contributed by atoms with Crippen molar-refractivity contribution in [3.8, 4) is 28.7 Å². The Morgan fingerprint density at radius 1 is 0.848 bits per heavy atom. The van der Waals surface area contributed by atoms with Gasteiger partial charge in [0, 0.05) is 11.5 Å². The van der Waals surface area contributed by atoms with E-state index in [1.54, 1.807) is 26.4 Å². The monoisotopic (exact) mass is 453 g/mol. The number of aromatic nitrogens is 1. The minimum absolute atomic E-state index is 0.00787. The molecule has 0 atom stereocenters. The molecule has 0 saturated heterocycles. The van der Waals surface area contributed by atoms with E-state index in [9.17, 15) is 9.90 Å². The summed E-state index contributed by atoms with van der Waals surface area (Å²) in [4.78, 5) is 15.8. The zero-order chi connectivity index (χ0) is 23.8. The Kier molecular flexibility index (Phi) is 8.64. The molecule has 6 nitrogen and oxygen atoms in total. The van der Waals surface area contributed by atoms with Crippen LogP contribution in [-0.2, 0) is 12.8 Å². The standard InChI is InChI=1S/C27H35NO5/c1-5-7-9-11-18-15-19(31-3)13-14-23(18)33-24-17-20(32-4)16-22-25(24)28-27(30)21(26(22)29)12-10-8-6-2/h13-17H,5-12H2,1-4H3,(H2,28,29,30). The number of unbranched alkanes of at least 4 members (excludes halogenated alkanes) is 4. The molecule has 2 aromatic carbocycles. The van der Waals surface area contributed by atoms with Crippen LogP contribution in [0, 0.1) is 0 Å². The van der Waals surface area contributed by atoms with Crippen molar-refractivity contribution in [3.05, 3.63) is 51.8 Å². The van der Waals surface area contributed by atoms with Crippen molar-refractivity contribution in [2.24, 2.45) is 0 Å². The normalized spacial score (nSPS) is 11.0. The van der Waals surface area contributed by atoms with Crippen LogP contribution in [0.2, 0.25) is 0 Å². The number of aromatic hydroxyl groups is 1. The molecule has 0 saturated carbocycles.